The topological polar surface area (TPSA) is 96.2 Å². The molecule has 1 aliphatic rings. The van der Waals surface area contributed by atoms with Crippen molar-refractivity contribution < 1.29 is 13.9 Å². The molecule has 8 nitrogen and oxygen atoms in total. The second kappa shape index (κ2) is 9.75. The standard InChI is InChI=1S/C28H30F2N6O2/c1-14(2)23-25(15(3)9-10-31-23)36-27-18(26(34-28(36)38)35-13-16(4)32-12-17(35)5)11-20(30)24(33-27)22-19(29)7-6-8-21(22)37/h6-11,14,16-17,32,37H,12-13H2,1-5H3/t16-,17+/m1/s1. The number of benzene rings is 1. The lowest BCUT2D eigenvalue weighted by atomic mass is 10.0. The van der Waals surface area contributed by atoms with Crippen LogP contribution in [0.5, 0.6) is 5.75 Å². The summed E-state index contributed by atoms with van der Waals surface area (Å²) < 4.78 is 31.9. The highest BCUT2D eigenvalue weighted by molar-refractivity contribution is 5.91. The molecular weight excluding hydrogens is 490 g/mol. The third-order valence-electron chi connectivity index (χ3n) is 6.99. The first-order valence-electron chi connectivity index (χ1n) is 12.7. The molecule has 4 heterocycles. The molecule has 0 saturated carbocycles. The van der Waals surface area contributed by atoms with Crippen molar-refractivity contribution in [2.75, 3.05) is 18.0 Å². The van der Waals surface area contributed by atoms with Crippen molar-refractivity contribution in [3.8, 4) is 22.7 Å². The van der Waals surface area contributed by atoms with Gasteiger partial charge in [0, 0.05) is 31.4 Å². The minimum atomic E-state index is -0.839. The maximum absolute atomic E-state index is 15.7. The van der Waals surface area contributed by atoms with E-state index in [9.17, 15) is 14.3 Å². The smallest absolute Gasteiger partial charge is 0.355 e. The summed E-state index contributed by atoms with van der Waals surface area (Å²) in [5.41, 5.74) is 0.636. The van der Waals surface area contributed by atoms with Crippen LogP contribution in [-0.4, -0.2) is 49.8 Å². The molecular formula is C28H30F2N6O2. The second-order valence-electron chi connectivity index (χ2n) is 10.2. The molecule has 0 amide bonds. The summed E-state index contributed by atoms with van der Waals surface area (Å²) in [6.45, 7) is 11.0. The maximum atomic E-state index is 15.7. The Morgan fingerprint density at radius 1 is 1.13 bits per heavy atom. The van der Waals surface area contributed by atoms with E-state index in [2.05, 4.69) is 20.3 Å². The lowest BCUT2D eigenvalue weighted by Gasteiger charge is -2.38. The summed E-state index contributed by atoms with van der Waals surface area (Å²) in [6, 6.07) is 6.81. The first-order valence-corrected chi connectivity index (χ1v) is 12.7. The number of fused-ring (bicyclic) bond motifs is 1. The highest BCUT2D eigenvalue weighted by Crippen LogP contribution is 2.36. The van der Waals surface area contributed by atoms with E-state index in [1.807, 2.05) is 39.5 Å². The zero-order valence-electron chi connectivity index (χ0n) is 22.0. The third-order valence-corrected chi connectivity index (χ3v) is 6.99. The van der Waals surface area contributed by atoms with Crippen molar-refractivity contribution >= 4 is 16.9 Å². The predicted octanol–water partition coefficient (Wildman–Crippen LogP) is 4.44. The molecule has 0 aliphatic carbocycles. The van der Waals surface area contributed by atoms with E-state index in [0.29, 0.717) is 35.7 Å². The minimum Gasteiger partial charge on any atom is -0.507 e. The fourth-order valence-corrected chi connectivity index (χ4v) is 5.05. The van der Waals surface area contributed by atoms with Crippen molar-refractivity contribution in [2.45, 2.75) is 52.6 Å². The van der Waals surface area contributed by atoms with E-state index < -0.39 is 28.8 Å². The van der Waals surface area contributed by atoms with Crippen molar-refractivity contribution in [2.24, 2.45) is 0 Å². The number of hydrogen-bond donors (Lipinski definition) is 2. The summed E-state index contributed by atoms with van der Waals surface area (Å²) in [6.07, 6.45) is 1.67. The van der Waals surface area contributed by atoms with Gasteiger partial charge in [0.1, 0.15) is 23.1 Å². The van der Waals surface area contributed by atoms with E-state index >= 15 is 4.39 Å². The molecule has 1 aromatic carbocycles. The van der Waals surface area contributed by atoms with Gasteiger partial charge in [0.25, 0.3) is 0 Å². The molecule has 38 heavy (non-hydrogen) atoms. The van der Waals surface area contributed by atoms with E-state index in [1.54, 1.807) is 12.3 Å². The fraction of sp³-hybridized carbons (Fsp3) is 0.357. The average Bonchev–Trinajstić information content (AvgIpc) is 2.86. The number of phenolic OH excluding ortho intramolecular Hbond substituents is 1. The summed E-state index contributed by atoms with van der Waals surface area (Å²) in [7, 11) is 0. The van der Waals surface area contributed by atoms with Gasteiger partial charge in [-0.05, 0) is 56.5 Å². The van der Waals surface area contributed by atoms with Crippen LogP contribution in [-0.2, 0) is 0 Å². The molecule has 0 radical (unpaired) electrons. The SMILES string of the molecule is Cc1ccnc(C(C)C)c1-n1c(=O)nc(N2C[C@@H](C)NC[C@@H]2C)c2cc(F)c(-c3c(O)cccc3F)nc21. The molecule has 4 aromatic rings. The van der Waals surface area contributed by atoms with E-state index in [0.717, 1.165) is 11.6 Å². The molecule has 2 N–H and O–H groups in total. The highest BCUT2D eigenvalue weighted by atomic mass is 19.1. The maximum Gasteiger partial charge on any atom is 0.355 e. The Bertz CT molecular complexity index is 1580. The summed E-state index contributed by atoms with van der Waals surface area (Å²) >= 11 is 0. The number of anilines is 1. The van der Waals surface area contributed by atoms with Crippen LogP contribution in [0.3, 0.4) is 0 Å². The quantitative estimate of drug-likeness (QED) is 0.411. The molecule has 0 bridgehead atoms. The average molecular weight is 521 g/mol. The van der Waals surface area contributed by atoms with Crippen LogP contribution in [0.1, 0.15) is 44.9 Å². The zero-order valence-corrected chi connectivity index (χ0v) is 22.0. The number of hydrogen-bond acceptors (Lipinski definition) is 7. The molecule has 1 saturated heterocycles. The second-order valence-corrected chi connectivity index (χ2v) is 10.2. The molecule has 10 heteroatoms. The van der Waals surface area contributed by atoms with Gasteiger partial charge in [0.2, 0.25) is 0 Å². The van der Waals surface area contributed by atoms with Gasteiger partial charge in [-0.15, -0.1) is 0 Å². The Balaban J connectivity index is 1.92. The Labute approximate surface area is 219 Å². The fourth-order valence-electron chi connectivity index (χ4n) is 5.05. The monoisotopic (exact) mass is 520 g/mol. The van der Waals surface area contributed by atoms with Gasteiger partial charge in [0.05, 0.1) is 22.3 Å². The first-order chi connectivity index (χ1) is 18.1. The molecule has 198 valence electrons. The highest BCUT2D eigenvalue weighted by Gasteiger charge is 2.29. The van der Waals surface area contributed by atoms with Crippen LogP contribution in [0.15, 0.2) is 41.3 Å². The molecule has 0 unspecified atom stereocenters. The van der Waals surface area contributed by atoms with Crippen LogP contribution in [0, 0.1) is 18.6 Å². The summed E-state index contributed by atoms with van der Waals surface area (Å²) in [4.78, 5) is 29.3. The zero-order chi connectivity index (χ0) is 27.3. The van der Waals surface area contributed by atoms with Crippen molar-refractivity contribution in [1.82, 2.24) is 24.8 Å². The lowest BCUT2D eigenvalue weighted by molar-refractivity contribution is 0.423. The summed E-state index contributed by atoms with van der Waals surface area (Å²) in [5.74, 6) is -1.86. The molecule has 3 aromatic heterocycles. The number of pyridine rings is 2. The number of aromatic hydroxyl groups is 1. The number of phenols is 1. The van der Waals surface area contributed by atoms with Crippen molar-refractivity contribution in [3.63, 3.8) is 0 Å². The van der Waals surface area contributed by atoms with Gasteiger partial charge >= 0.3 is 5.69 Å². The number of aromatic nitrogens is 4. The van der Waals surface area contributed by atoms with Crippen LogP contribution in [0.4, 0.5) is 14.6 Å². The first kappa shape index (κ1) is 25.7. The van der Waals surface area contributed by atoms with Crippen molar-refractivity contribution in [3.05, 3.63) is 69.9 Å². The predicted molar refractivity (Wildman–Crippen MR) is 143 cm³/mol. The number of nitrogens with zero attached hydrogens (tertiary/aromatic N) is 5. The molecule has 5 rings (SSSR count). The van der Waals surface area contributed by atoms with Gasteiger partial charge < -0.3 is 15.3 Å². The number of halogens is 2. The van der Waals surface area contributed by atoms with Gasteiger partial charge in [-0.3, -0.25) is 4.98 Å². The van der Waals surface area contributed by atoms with Crippen LogP contribution in [0.25, 0.3) is 28.0 Å². The van der Waals surface area contributed by atoms with Gasteiger partial charge in [-0.1, -0.05) is 19.9 Å². The summed E-state index contributed by atoms with van der Waals surface area (Å²) in [5, 5.41) is 14.1. The van der Waals surface area contributed by atoms with Gasteiger partial charge in [-0.25, -0.2) is 23.1 Å². The molecule has 1 aliphatic heterocycles. The van der Waals surface area contributed by atoms with E-state index in [4.69, 9.17) is 0 Å². The largest absolute Gasteiger partial charge is 0.507 e. The van der Waals surface area contributed by atoms with E-state index in [1.165, 1.54) is 22.8 Å². The number of piperazine rings is 1. The van der Waals surface area contributed by atoms with Crippen LogP contribution in [0.2, 0.25) is 0 Å². The van der Waals surface area contributed by atoms with Crippen LogP contribution >= 0.6 is 0 Å². The molecule has 1 fully saturated rings. The van der Waals surface area contributed by atoms with Gasteiger partial charge in [-0.2, -0.15) is 4.98 Å². The Hall–Kier alpha value is -3.92. The Morgan fingerprint density at radius 3 is 2.61 bits per heavy atom. The molecule has 2 atom stereocenters. The van der Waals surface area contributed by atoms with Crippen molar-refractivity contribution in [1.29, 1.82) is 0 Å². The van der Waals surface area contributed by atoms with Gasteiger partial charge in [0.15, 0.2) is 11.5 Å². The third kappa shape index (κ3) is 4.28. The molecule has 0 spiro atoms. The normalized spacial score (nSPS) is 17.9. The Morgan fingerprint density at radius 2 is 1.89 bits per heavy atom. The number of nitrogens with one attached hydrogen (secondary N) is 1. The van der Waals surface area contributed by atoms with Crippen LogP contribution < -0.4 is 15.9 Å². The minimum absolute atomic E-state index is 0.0261. The number of rotatable bonds is 4. The Kier molecular flexibility index (Phi) is 6.60. The van der Waals surface area contributed by atoms with E-state index in [-0.39, 0.29) is 29.2 Å². The lowest BCUT2D eigenvalue weighted by Crippen LogP contribution is -2.55. The number of aryl methyl sites for hydroxylation is 1.